The van der Waals surface area contributed by atoms with Gasteiger partial charge in [-0.3, -0.25) is 4.79 Å². The summed E-state index contributed by atoms with van der Waals surface area (Å²) in [6, 6.07) is 12.6. The Morgan fingerprint density at radius 2 is 1.92 bits per heavy atom. The SMILES string of the molecule is O=C(NC1CCOc2ccc(Cl)cc21)C1COc2ccccc2O1. The average molecular weight is 346 g/mol. The van der Waals surface area contributed by atoms with Crippen LogP contribution < -0.4 is 19.5 Å². The molecular weight excluding hydrogens is 330 g/mol. The van der Waals surface area contributed by atoms with Gasteiger partial charge in [0.05, 0.1) is 12.6 Å². The van der Waals surface area contributed by atoms with Crippen molar-refractivity contribution in [3.05, 3.63) is 53.1 Å². The lowest BCUT2D eigenvalue weighted by atomic mass is 10.0. The molecule has 2 aliphatic heterocycles. The van der Waals surface area contributed by atoms with Crippen molar-refractivity contribution in [3.63, 3.8) is 0 Å². The summed E-state index contributed by atoms with van der Waals surface area (Å²) in [5.74, 6) is 1.79. The minimum atomic E-state index is -0.676. The zero-order valence-electron chi connectivity index (χ0n) is 12.8. The van der Waals surface area contributed by atoms with Crippen LogP contribution in [0.1, 0.15) is 18.0 Å². The molecule has 0 aromatic heterocycles. The van der Waals surface area contributed by atoms with Gasteiger partial charge in [-0.2, -0.15) is 0 Å². The lowest BCUT2D eigenvalue weighted by Gasteiger charge is -2.30. The number of rotatable bonds is 2. The molecule has 24 heavy (non-hydrogen) atoms. The van der Waals surface area contributed by atoms with Crippen LogP contribution in [-0.2, 0) is 4.79 Å². The fourth-order valence-corrected chi connectivity index (χ4v) is 3.11. The Kier molecular flexibility index (Phi) is 3.94. The molecule has 5 nitrogen and oxygen atoms in total. The third-order valence-electron chi connectivity index (χ3n) is 4.13. The molecule has 4 rings (SSSR count). The van der Waals surface area contributed by atoms with Gasteiger partial charge in [0.15, 0.2) is 11.5 Å². The van der Waals surface area contributed by atoms with Gasteiger partial charge in [0.25, 0.3) is 5.91 Å². The number of hydrogen-bond acceptors (Lipinski definition) is 4. The van der Waals surface area contributed by atoms with Crippen LogP contribution in [0.15, 0.2) is 42.5 Å². The number of fused-ring (bicyclic) bond motifs is 2. The summed E-state index contributed by atoms with van der Waals surface area (Å²) in [4.78, 5) is 12.6. The molecule has 2 atom stereocenters. The number of ether oxygens (including phenoxy) is 3. The van der Waals surface area contributed by atoms with E-state index in [1.54, 1.807) is 12.1 Å². The van der Waals surface area contributed by atoms with Crippen molar-refractivity contribution in [2.45, 2.75) is 18.6 Å². The monoisotopic (exact) mass is 345 g/mol. The first-order valence-corrected chi connectivity index (χ1v) is 8.19. The fourth-order valence-electron chi connectivity index (χ4n) is 2.93. The Morgan fingerprint density at radius 3 is 2.79 bits per heavy atom. The largest absolute Gasteiger partial charge is 0.493 e. The first-order valence-electron chi connectivity index (χ1n) is 7.82. The number of hydrogen-bond donors (Lipinski definition) is 1. The Balaban J connectivity index is 1.49. The molecule has 124 valence electrons. The van der Waals surface area contributed by atoms with Crippen LogP contribution in [0.2, 0.25) is 5.02 Å². The summed E-state index contributed by atoms with van der Waals surface area (Å²) in [5.41, 5.74) is 0.888. The minimum absolute atomic E-state index is 0.152. The highest BCUT2D eigenvalue weighted by molar-refractivity contribution is 6.30. The summed E-state index contributed by atoms with van der Waals surface area (Å²) in [5, 5.41) is 3.64. The Hall–Kier alpha value is -2.40. The van der Waals surface area contributed by atoms with Crippen LogP contribution >= 0.6 is 11.6 Å². The van der Waals surface area contributed by atoms with Gasteiger partial charge < -0.3 is 19.5 Å². The van der Waals surface area contributed by atoms with E-state index in [4.69, 9.17) is 25.8 Å². The van der Waals surface area contributed by atoms with Crippen LogP contribution in [-0.4, -0.2) is 25.2 Å². The predicted octanol–water partition coefficient (Wildman–Crippen LogP) is 3.12. The molecule has 6 heteroatoms. The molecule has 0 saturated heterocycles. The van der Waals surface area contributed by atoms with Crippen molar-refractivity contribution in [2.24, 2.45) is 0 Å². The molecular formula is C18H16ClNO4. The maximum absolute atomic E-state index is 12.6. The van der Waals surface area contributed by atoms with Crippen LogP contribution in [0, 0.1) is 0 Å². The highest BCUT2D eigenvalue weighted by Gasteiger charge is 2.31. The van der Waals surface area contributed by atoms with E-state index in [1.165, 1.54) is 0 Å². The van der Waals surface area contributed by atoms with Crippen LogP contribution in [0.5, 0.6) is 17.2 Å². The molecule has 1 amide bonds. The van der Waals surface area contributed by atoms with E-state index in [0.29, 0.717) is 29.5 Å². The molecule has 1 N–H and O–H groups in total. The van der Waals surface area contributed by atoms with E-state index in [1.807, 2.05) is 30.3 Å². The molecule has 0 radical (unpaired) electrons. The average Bonchev–Trinajstić information content (AvgIpc) is 2.62. The van der Waals surface area contributed by atoms with Gasteiger partial charge in [0.1, 0.15) is 12.4 Å². The summed E-state index contributed by atoms with van der Waals surface area (Å²) in [6.45, 7) is 0.735. The molecule has 0 fully saturated rings. The fraction of sp³-hybridized carbons (Fsp3) is 0.278. The van der Waals surface area contributed by atoms with Crippen molar-refractivity contribution in [1.29, 1.82) is 0 Å². The molecule has 0 aliphatic carbocycles. The van der Waals surface area contributed by atoms with Gasteiger partial charge in [-0.05, 0) is 30.3 Å². The zero-order chi connectivity index (χ0) is 16.5. The minimum Gasteiger partial charge on any atom is -0.493 e. The third-order valence-corrected chi connectivity index (χ3v) is 4.36. The van der Waals surface area contributed by atoms with E-state index in [2.05, 4.69) is 5.32 Å². The number of halogens is 1. The van der Waals surface area contributed by atoms with Crippen LogP contribution in [0.3, 0.4) is 0 Å². The molecule has 2 aliphatic rings. The topological polar surface area (TPSA) is 56.8 Å². The smallest absolute Gasteiger partial charge is 0.265 e. The Bertz CT molecular complexity index is 779. The lowest BCUT2D eigenvalue weighted by molar-refractivity contribution is -0.131. The van der Waals surface area contributed by atoms with Crippen molar-refractivity contribution in [2.75, 3.05) is 13.2 Å². The second kappa shape index (κ2) is 6.24. The number of benzene rings is 2. The van der Waals surface area contributed by atoms with Gasteiger partial charge in [-0.25, -0.2) is 0 Å². The second-order valence-electron chi connectivity index (χ2n) is 5.74. The number of amides is 1. The molecule has 0 saturated carbocycles. The van der Waals surface area contributed by atoms with E-state index in [0.717, 1.165) is 11.3 Å². The molecule has 2 heterocycles. The number of nitrogens with one attached hydrogen (secondary N) is 1. The summed E-state index contributed by atoms with van der Waals surface area (Å²) >= 11 is 6.07. The number of para-hydroxylation sites is 2. The van der Waals surface area contributed by atoms with Gasteiger partial charge in [0.2, 0.25) is 6.10 Å². The normalized spacial score (nSPS) is 21.4. The summed E-state index contributed by atoms with van der Waals surface area (Å²) in [7, 11) is 0. The van der Waals surface area contributed by atoms with E-state index in [-0.39, 0.29) is 18.6 Å². The highest BCUT2D eigenvalue weighted by atomic mass is 35.5. The van der Waals surface area contributed by atoms with Crippen molar-refractivity contribution in [1.82, 2.24) is 5.32 Å². The molecule has 2 unspecified atom stereocenters. The lowest BCUT2D eigenvalue weighted by Crippen LogP contribution is -2.45. The van der Waals surface area contributed by atoms with Gasteiger partial charge in [0, 0.05) is 17.0 Å². The van der Waals surface area contributed by atoms with E-state index >= 15 is 0 Å². The first kappa shape index (κ1) is 15.1. The van der Waals surface area contributed by atoms with Gasteiger partial charge in [-0.15, -0.1) is 0 Å². The summed E-state index contributed by atoms with van der Waals surface area (Å²) < 4.78 is 17.0. The van der Waals surface area contributed by atoms with Gasteiger partial charge >= 0.3 is 0 Å². The molecule has 0 spiro atoms. The van der Waals surface area contributed by atoms with Crippen LogP contribution in [0.25, 0.3) is 0 Å². The Labute approximate surface area is 144 Å². The standard InChI is InChI=1S/C18H16ClNO4/c19-11-5-6-14-12(9-11)13(7-8-22-14)20-18(21)17-10-23-15-3-1-2-4-16(15)24-17/h1-6,9,13,17H,7-8,10H2,(H,20,21). The van der Waals surface area contributed by atoms with E-state index < -0.39 is 6.10 Å². The first-order chi connectivity index (χ1) is 11.7. The number of carbonyl (C=O) groups excluding carboxylic acids is 1. The van der Waals surface area contributed by atoms with Gasteiger partial charge in [-0.1, -0.05) is 23.7 Å². The quantitative estimate of drug-likeness (QED) is 0.908. The van der Waals surface area contributed by atoms with Crippen LogP contribution in [0.4, 0.5) is 0 Å². The maximum Gasteiger partial charge on any atom is 0.265 e. The van der Waals surface area contributed by atoms with Crippen molar-refractivity contribution in [3.8, 4) is 17.2 Å². The Morgan fingerprint density at radius 1 is 1.08 bits per heavy atom. The third kappa shape index (κ3) is 2.87. The predicted molar refractivity (Wildman–Crippen MR) is 88.8 cm³/mol. The number of carbonyl (C=O) groups is 1. The van der Waals surface area contributed by atoms with Crippen molar-refractivity contribution < 1.29 is 19.0 Å². The molecule has 2 aromatic rings. The van der Waals surface area contributed by atoms with E-state index in [9.17, 15) is 4.79 Å². The molecule has 2 aromatic carbocycles. The highest BCUT2D eigenvalue weighted by Crippen LogP contribution is 2.35. The summed E-state index contributed by atoms with van der Waals surface area (Å²) in [6.07, 6.45) is 0.00820. The van der Waals surface area contributed by atoms with Crippen molar-refractivity contribution >= 4 is 17.5 Å². The molecule has 0 bridgehead atoms. The maximum atomic E-state index is 12.6. The zero-order valence-corrected chi connectivity index (χ0v) is 13.6. The second-order valence-corrected chi connectivity index (χ2v) is 6.18.